The number of rotatable bonds is 4. The normalized spacial score (nSPS) is 11.0. The molecule has 2 radical (unpaired) electrons. The summed E-state index contributed by atoms with van der Waals surface area (Å²) < 4.78 is 8.67. The molecule has 12 nitrogen and oxygen atoms in total. The summed E-state index contributed by atoms with van der Waals surface area (Å²) in [4.78, 5) is 16.8. The summed E-state index contributed by atoms with van der Waals surface area (Å²) in [5.74, 6) is 0. The molecule has 8 rings (SSSR count). The summed E-state index contributed by atoms with van der Waals surface area (Å²) in [7, 11) is 0. The summed E-state index contributed by atoms with van der Waals surface area (Å²) in [5, 5.41) is 26.8. The van der Waals surface area contributed by atoms with Gasteiger partial charge in [0.15, 0.2) is 16.9 Å². The predicted octanol–water partition coefficient (Wildman–Crippen LogP) is 9.45. The fourth-order valence-corrected chi connectivity index (χ4v) is 8.52. The van der Waals surface area contributed by atoms with Crippen LogP contribution in [0.2, 0.25) is 3.93 Å². The molecule has 0 saturated heterocycles. The molecule has 52 heavy (non-hydrogen) atoms. The zero-order chi connectivity index (χ0) is 37.8. The van der Waals surface area contributed by atoms with Gasteiger partial charge in [-0.25, -0.2) is 19.6 Å². The number of alkyl halides is 1. The third-order valence-corrected chi connectivity index (χ3v) is 11.5. The van der Waals surface area contributed by atoms with Gasteiger partial charge in [0.2, 0.25) is 0 Å². The third-order valence-electron chi connectivity index (χ3n) is 6.79. The number of pyridine rings is 4. The zero-order valence-corrected chi connectivity index (χ0v) is 38.6. The Labute approximate surface area is 344 Å². The van der Waals surface area contributed by atoms with Crippen LogP contribution in [0.25, 0.3) is 44.1 Å². The van der Waals surface area contributed by atoms with Gasteiger partial charge in [-0.2, -0.15) is 15.3 Å². The van der Waals surface area contributed by atoms with E-state index in [9.17, 15) is 0 Å². The van der Waals surface area contributed by atoms with Crippen LogP contribution in [0.1, 0.15) is 67.5 Å². The van der Waals surface area contributed by atoms with Crippen LogP contribution < -0.4 is 3.71 Å². The smallest absolute Gasteiger partial charge is 0.155 e. The topological polar surface area (TPSA) is 145 Å². The van der Waals surface area contributed by atoms with Crippen molar-refractivity contribution in [2.75, 3.05) is 0 Å². The molecular weight excluding hydrogens is 1010 g/mol. The number of nitrogens with one attached hydrogen (secondary N) is 2. The predicted molar refractivity (Wildman–Crippen MR) is 229 cm³/mol. The van der Waals surface area contributed by atoms with E-state index in [0.717, 1.165) is 55.8 Å². The van der Waals surface area contributed by atoms with Crippen LogP contribution in [0.4, 0.5) is 0 Å². The average Bonchev–Trinajstić information content (AvgIpc) is 3.91. The fraction of sp³-hybridized carbons (Fsp3) is 0.333. The van der Waals surface area contributed by atoms with E-state index in [1.54, 1.807) is 24.8 Å². The van der Waals surface area contributed by atoms with E-state index >= 15 is 0 Å². The first kappa shape index (κ1) is 41.7. The minimum Gasteiger partial charge on any atom is -0.261 e. The zero-order valence-electron chi connectivity index (χ0n) is 30.4. The van der Waals surface area contributed by atoms with Crippen molar-refractivity contribution >= 4 is 123 Å². The van der Waals surface area contributed by atoms with Gasteiger partial charge in [0.1, 0.15) is 9.21 Å². The van der Waals surface area contributed by atoms with Crippen molar-refractivity contribution in [3.63, 3.8) is 0 Å². The van der Waals surface area contributed by atoms with Gasteiger partial charge in [-0.05, 0) is 82.1 Å². The molecule has 2 N–H and O–H groups in total. The van der Waals surface area contributed by atoms with Crippen LogP contribution >= 0.6 is 54.5 Å². The van der Waals surface area contributed by atoms with Crippen LogP contribution in [-0.2, 0) is 0 Å². The molecule has 0 bridgehead atoms. The minimum atomic E-state index is -0.572. The molecule has 0 saturated carbocycles. The van der Waals surface area contributed by atoms with Crippen molar-refractivity contribution in [1.29, 1.82) is 0 Å². The van der Waals surface area contributed by atoms with E-state index in [4.69, 9.17) is 5.10 Å². The number of H-pyrrole nitrogens is 2. The molecule has 0 atom stereocenters. The number of halogens is 3. The van der Waals surface area contributed by atoms with Gasteiger partial charge in [0, 0.05) is 33.9 Å². The summed E-state index contributed by atoms with van der Waals surface area (Å²) >= 11 is 8.49. The molecule has 0 aromatic carbocycles. The molecule has 0 amide bonds. The second kappa shape index (κ2) is 20.4. The van der Waals surface area contributed by atoms with Crippen LogP contribution in [0.3, 0.4) is 0 Å². The molecule has 0 aliphatic rings. The van der Waals surface area contributed by atoms with E-state index in [1.807, 2.05) is 53.3 Å². The Hall–Kier alpha value is -3.03. The first-order chi connectivity index (χ1) is 24.9. The van der Waals surface area contributed by atoms with Crippen molar-refractivity contribution in [2.24, 2.45) is 0 Å². The largest absolute Gasteiger partial charge is 0.261 e. The molecule has 8 aromatic rings. The fourth-order valence-electron chi connectivity index (χ4n) is 4.61. The molecule has 0 spiro atoms. The summed E-state index contributed by atoms with van der Waals surface area (Å²) in [6.45, 7) is 17.4. The van der Waals surface area contributed by atoms with E-state index in [0.29, 0.717) is 12.1 Å². The number of aromatic nitrogens is 12. The average molecular weight is 1050 g/mol. The van der Waals surface area contributed by atoms with Crippen LogP contribution in [0.5, 0.6) is 0 Å². The van der Waals surface area contributed by atoms with Crippen molar-refractivity contribution in [1.82, 2.24) is 59.9 Å². The number of hydrogen-bond acceptors (Lipinski definition) is 8. The Morgan fingerprint density at radius 2 is 1.21 bits per heavy atom. The molecule has 0 aliphatic carbocycles. The maximum absolute atomic E-state index is 4.76. The van der Waals surface area contributed by atoms with Gasteiger partial charge in [0.25, 0.3) is 0 Å². The summed E-state index contributed by atoms with van der Waals surface area (Å²) in [6, 6.07) is 16.5. The van der Waals surface area contributed by atoms with Gasteiger partial charge in [-0.1, -0.05) is 36.4 Å². The van der Waals surface area contributed by atoms with Gasteiger partial charge in [-0.3, -0.25) is 10.2 Å². The summed E-state index contributed by atoms with van der Waals surface area (Å²) in [6.07, 6.45) is 8.85. The van der Waals surface area contributed by atoms with Crippen molar-refractivity contribution < 1.29 is 0 Å². The molecular formula is C36H43Br2IN12Sn. The van der Waals surface area contributed by atoms with E-state index in [-0.39, 0.29) is 0 Å². The quantitative estimate of drug-likeness (QED) is 0.101. The second-order valence-electron chi connectivity index (χ2n) is 12.5. The molecule has 8 heterocycles. The van der Waals surface area contributed by atoms with Gasteiger partial charge >= 0.3 is 107 Å². The van der Waals surface area contributed by atoms with Crippen molar-refractivity contribution in [3.8, 4) is 0 Å². The van der Waals surface area contributed by atoms with Crippen LogP contribution in [0, 0.1) is 0 Å². The van der Waals surface area contributed by atoms with Crippen LogP contribution in [0.15, 0.2) is 88.7 Å². The number of fused-ring (bicyclic) bond motifs is 4. The first-order valence-corrected chi connectivity index (χ1v) is 22.7. The second-order valence-corrected chi connectivity index (χ2v) is 22.0. The molecule has 8 aromatic heterocycles. The Kier molecular flexibility index (Phi) is 16.4. The van der Waals surface area contributed by atoms with E-state index in [2.05, 4.69) is 166 Å². The van der Waals surface area contributed by atoms with Crippen LogP contribution in [-0.4, -0.2) is 85.0 Å². The first-order valence-electron chi connectivity index (χ1n) is 16.8. The number of aromatic amines is 2. The van der Waals surface area contributed by atoms with Crippen molar-refractivity contribution in [2.45, 2.75) is 75.3 Å². The van der Waals surface area contributed by atoms with Crippen molar-refractivity contribution in [3.05, 3.63) is 88.7 Å². The summed E-state index contributed by atoms with van der Waals surface area (Å²) in [5.41, 5.74) is 3.57. The van der Waals surface area contributed by atoms with E-state index in [1.165, 1.54) is 9.10 Å². The monoisotopic (exact) mass is 1050 g/mol. The number of nitrogens with zero attached hydrogens (tertiary/aromatic N) is 10. The maximum atomic E-state index is 4.76. The Bertz CT molecular complexity index is 2240. The Balaban J connectivity index is 0.000000153. The Morgan fingerprint density at radius 3 is 1.81 bits per heavy atom. The molecule has 0 aliphatic heterocycles. The molecule has 16 heteroatoms. The molecule has 0 fully saturated rings. The SMILES string of the molecule is Brc1[nH]nc2ncccc12.CC(C)I.CC(C)n1nc(Br)c2cccnc21.C[CH](C)[Sn][c]1nn(C(C)C)c2ncccc12.c1cnc2[nH]ncc2c1. The third kappa shape index (κ3) is 11.7. The van der Waals surface area contributed by atoms with Gasteiger partial charge in [-0.15, -0.1) is 0 Å². The standard InChI is InChI=1S/C9H10BrN3.C9H10N3.C6H4BrN3.C6H5N3.C3H7I.C3H7.Sn/c1-6(2)13-9-7(8(10)12-13)4-3-5-11-9;1-7(2)12-9-8(6-11-12)4-3-5-10-9;7-5-4-2-1-3-8-6(4)10-9-5;1-2-5-4-8-9-6(5)7-3-1;1-3(2)4;1-3-2;/h3-6H,1-2H3;3-5,7H,1-2H3;1-3H,(H,8,9,10);1-4H,(H,7,8,9);3H,1-2H3;3H,1-2H3;. The molecule has 0 unspecified atom stereocenters. The number of hydrogen-bond donors (Lipinski definition) is 2. The minimum absolute atomic E-state index is 0.337. The van der Waals surface area contributed by atoms with Gasteiger partial charge < -0.3 is 0 Å². The Morgan fingerprint density at radius 1 is 0.673 bits per heavy atom. The maximum Gasteiger partial charge on any atom is 0.155 e. The molecule has 272 valence electrons. The van der Waals surface area contributed by atoms with E-state index < -0.39 is 21.1 Å². The van der Waals surface area contributed by atoms with Gasteiger partial charge in [0.05, 0.1) is 17.0 Å².